The van der Waals surface area contributed by atoms with Gasteiger partial charge in [0.25, 0.3) is 0 Å². The van der Waals surface area contributed by atoms with Crippen molar-refractivity contribution in [1.82, 2.24) is 0 Å². The van der Waals surface area contributed by atoms with Crippen LogP contribution in [-0.4, -0.2) is 32.3 Å². The molecule has 0 bridgehead atoms. The Balaban J connectivity index is 0. The fourth-order valence-corrected chi connectivity index (χ4v) is 0.979. The van der Waals surface area contributed by atoms with Gasteiger partial charge in [0, 0.05) is 14.2 Å². The zero-order chi connectivity index (χ0) is 8.10. The molecule has 4 N–H and O–H groups in total. The van der Waals surface area contributed by atoms with Crippen molar-refractivity contribution in [3.8, 4) is 0 Å². The lowest BCUT2D eigenvalue weighted by Gasteiger charge is -2.07. The van der Waals surface area contributed by atoms with Crippen molar-refractivity contribution in [2.75, 3.05) is 14.2 Å². The first-order valence-electron chi connectivity index (χ1n) is 3.49. The van der Waals surface area contributed by atoms with Crippen LogP contribution >= 0.6 is 0 Å². The van der Waals surface area contributed by atoms with E-state index in [4.69, 9.17) is 9.31 Å². The fraction of sp³-hybridized carbons (Fsp3) is 0.250. The summed E-state index contributed by atoms with van der Waals surface area (Å²) in [4.78, 5) is 0. The van der Waals surface area contributed by atoms with Crippen LogP contribution in [0.15, 0.2) is 30.3 Å². The largest absolute Gasteiger partial charge is 0.493 e. The molecule has 1 aromatic rings. The summed E-state index contributed by atoms with van der Waals surface area (Å²) < 4.78 is 10.1. The van der Waals surface area contributed by atoms with Crippen LogP contribution in [0.4, 0.5) is 0 Å². The highest BCUT2D eigenvalue weighted by atomic mass is 16.6. The molecule has 0 aromatic heterocycles. The Bertz CT molecular complexity index is 201. The maximum atomic E-state index is 5.06. The second kappa shape index (κ2) is 7.76. The Labute approximate surface area is 78.2 Å². The average molecular weight is 186 g/mol. The third-order valence-corrected chi connectivity index (χ3v) is 1.50. The van der Waals surface area contributed by atoms with Gasteiger partial charge in [0.15, 0.2) is 0 Å². The molecule has 0 aliphatic carbocycles. The fourth-order valence-electron chi connectivity index (χ4n) is 0.979. The third-order valence-electron chi connectivity index (χ3n) is 1.50. The van der Waals surface area contributed by atoms with Gasteiger partial charge in [-0.1, -0.05) is 30.3 Å². The summed E-state index contributed by atoms with van der Waals surface area (Å²) in [6, 6.07) is 9.82. The van der Waals surface area contributed by atoms with Gasteiger partial charge < -0.3 is 20.3 Å². The maximum absolute atomic E-state index is 5.06. The van der Waals surface area contributed by atoms with E-state index < -0.39 is 0 Å². The first-order chi connectivity index (χ1) is 5.38. The van der Waals surface area contributed by atoms with Gasteiger partial charge >= 0.3 is 7.12 Å². The highest BCUT2D eigenvalue weighted by molar-refractivity contribution is 6.61. The first kappa shape index (κ1) is 14.6. The number of benzene rings is 1. The molecule has 74 valence electrons. The Morgan fingerprint density at radius 2 is 1.38 bits per heavy atom. The van der Waals surface area contributed by atoms with Crippen molar-refractivity contribution in [1.29, 1.82) is 0 Å². The number of hydrogen-bond acceptors (Lipinski definition) is 2. The second-order valence-corrected chi connectivity index (χ2v) is 2.21. The molecule has 0 aliphatic heterocycles. The van der Waals surface area contributed by atoms with Gasteiger partial charge in [0.2, 0.25) is 0 Å². The van der Waals surface area contributed by atoms with Gasteiger partial charge in [-0.25, -0.2) is 0 Å². The molecular formula is C8H15BO4. The van der Waals surface area contributed by atoms with Crippen LogP contribution in [0.2, 0.25) is 0 Å². The Hall–Kier alpha value is -0.875. The van der Waals surface area contributed by atoms with Crippen LogP contribution in [0.1, 0.15) is 0 Å². The molecule has 0 saturated heterocycles. The molecular weight excluding hydrogens is 171 g/mol. The van der Waals surface area contributed by atoms with E-state index >= 15 is 0 Å². The normalized spacial score (nSPS) is 8.15. The van der Waals surface area contributed by atoms with Crippen LogP contribution in [0.3, 0.4) is 0 Å². The first-order valence-corrected chi connectivity index (χ1v) is 3.49. The van der Waals surface area contributed by atoms with E-state index in [-0.39, 0.29) is 18.1 Å². The quantitative estimate of drug-likeness (QED) is 0.568. The zero-order valence-electron chi connectivity index (χ0n) is 7.78. The molecule has 0 amide bonds. The SMILES string of the molecule is COB(OC)c1ccccc1.O.O. The molecule has 0 saturated carbocycles. The lowest BCUT2D eigenvalue weighted by Crippen LogP contribution is -2.34. The lowest BCUT2D eigenvalue weighted by molar-refractivity contribution is 0.292. The van der Waals surface area contributed by atoms with Gasteiger partial charge in [0.05, 0.1) is 0 Å². The summed E-state index contributed by atoms with van der Waals surface area (Å²) in [7, 11) is 3.01. The lowest BCUT2D eigenvalue weighted by atomic mass is 9.79. The standard InChI is InChI=1S/C8H11BO2.2H2O/c1-10-9(11-2)8-6-4-3-5-7-8;;/h3-7H,1-2H3;2*1H2. The molecule has 0 fully saturated rings. The molecule has 13 heavy (non-hydrogen) atoms. The van der Waals surface area contributed by atoms with Crippen LogP contribution in [0.25, 0.3) is 0 Å². The summed E-state index contributed by atoms with van der Waals surface area (Å²) in [5, 5.41) is 0. The number of hydrogen-bond donors (Lipinski definition) is 0. The predicted molar refractivity (Wildman–Crippen MR) is 53.1 cm³/mol. The minimum Gasteiger partial charge on any atom is -0.412 e. The van der Waals surface area contributed by atoms with E-state index in [2.05, 4.69) is 0 Å². The van der Waals surface area contributed by atoms with E-state index in [1.54, 1.807) is 14.2 Å². The Morgan fingerprint density at radius 3 is 1.77 bits per heavy atom. The minimum absolute atomic E-state index is 0. The van der Waals surface area contributed by atoms with E-state index in [1.807, 2.05) is 30.3 Å². The van der Waals surface area contributed by atoms with Crippen molar-refractivity contribution in [3.63, 3.8) is 0 Å². The molecule has 0 aliphatic rings. The van der Waals surface area contributed by atoms with E-state index in [9.17, 15) is 0 Å². The van der Waals surface area contributed by atoms with Crippen molar-refractivity contribution in [2.24, 2.45) is 0 Å². The summed E-state index contributed by atoms with van der Waals surface area (Å²) in [5.41, 5.74) is 1.04. The molecule has 0 atom stereocenters. The van der Waals surface area contributed by atoms with Gasteiger partial charge in [-0.15, -0.1) is 0 Å². The minimum atomic E-state index is -0.240. The van der Waals surface area contributed by atoms with Gasteiger partial charge in [-0.3, -0.25) is 0 Å². The average Bonchev–Trinajstić information content (AvgIpc) is 2.09. The van der Waals surface area contributed by atoms with Crippen LogP contribution < -0.4 is 5.46 Å². The van der Waals surface area contributed by atoms with E-state index in [0.29, 0.717) is 0 Å². The van der Waals surface area contributed by atoms with Crippen LogP contribution in [0.5, 0.6) is 0 Å². The third kappa shape index (κ3) is 4.05. The van der Waals surface area contributed by atoms with Crippen LogP contribution in [-0.2, 0) is 9.31 Å². The van der Waals surface area contributed by atoms with Crippen molar-refractivity contribution < 1.29 is 20.3 Å². The zero-order valence-corrected chi connectivity index (χ0v) is 7.78. The molecule has 5 heteroatoms. The molecule has 1 aromatic carbocycles. The summed E-state index contributed by atoms with van der Waals surface area (Å²) >= 11 is 0. The molecule has 0 unspecified atom stereocenters. The molecule has 4 nitrogen and oxygen atoms in total. The summed E-state index contributed by atoms with van der Waals surface area (Å²) in [6.45, 7) is 0. The van der Waals surface area contributed by atoms with Gasteiger partial charge in [-0.2, -0.15) is 0 Å². The van der Waals surface area contributed by atoms with E-state index in [1.165, 1.54) is 0 Å². The van der Waals surface area contributed by atoms with E-state index in [0.717, 1.165) is 5.46 Å². The van der Waals surface area contributed by atoms with Gasteiger partial charge in [0.1, 0.15) is 0 Å². The molecule has 0 radical (unpaired) electrons. The van der Waals surface area contributed by atoms with Crippen molar-refractivity contribution in [2.45, 2.75) is 0 Å². The van der Waals surface area contributed by atoms with Crippen molar-refractivity contribution in [3.05, 3.63) is 30.3 Å². The second-order valence-electron chi connectivity index (χ2n) is 2.21. The summed E-state index contributed by atoms with van der Waals surface area (Å²) in [6.07, 6.45) is 0. The van der Waals surface area contributed by atoms with Crippen molar-refractivity contribution >= 4 is 12.6 Å². The molecule has 1 rings (SSSR count). The highest BCUT2D eigenvalue weighted by Crippen LogP contribution is 1.89. The molecule has 0 spiro atoms. The summed E-state index contributed by atoms with van der Waals surface area (Å²) in [5.74, 6) is 0. The monoisotopic (exact) mass is 186 g/mol. The predicted octanol–water partition coefficient (Wildman–Crippen LogP) is -0.975. The number of rotatable bonds is 3. The molecule has 0 heterocycles. The topological polar surface area (TPSA) is 81.5 Å². The Kier molecular flexibility index (Phi) is 8.74. The Morgan fingerprint density at radius 1 is 0.923 bits per heavy atom. The maximum Gasteiger partial charge on any atom is 0.493 e. The van der Waals surface area contributed by atoms with Crippen LogP contribution in [0, 0.1) is 0 Å². The van der Waals surface area contributed by atoms with Gasteiger partial charge in [-0.05, 0) is 5.46 Å². The smallest absolute Gasteiger partial charge is 0.412 e. The highest BCUT2D eigenvalue weighted by Gasteiger charge is 2.15.